The molecular formula is C32H38N4O2. The van der Waals surface area contributed by atoms with E-state index < -0.39 is 0 Å². The second kappa shape index (κ2) is 11.9. The van der Waals surface area contributed by atoms with Gasteiger partial charge in [-0.05, 0) is 31.4 Å². The lowest BCUT2D eigenvalue weighted by molar-refractivity contribution is -0.136. The van der Waals surface area contributed by atoms with E-state index in [1.54, 1.807) is 0 Å². The zero-order chi connectivity index (χ0) is 26.5. The molecule has 0 bridgehead atoms. The Balaban J connectivity index is 1.26. The smallest absolute Gasteiger partial charge is 0.254 e. The maximum absolute atomic E-state index is 13.7. The van der Waals surface area contributed by atoms with Crippen LogP contribution in [0.15, 0.2) is 72.8 Å². The fourth-order valence-electron chi connectivity index (χ4n) is 5.58. The van der Waals surface area contributed by atoms with Crippen molar-refractivity contribution in [1.82, 2.24) is 19.7 Å². The summed E-state index contributed by atoms with van der Waals surface area (Å²) < 4.78 is 0. The molecule has 3 aromatic rings. The summed E-state index contributed by atoms with van der Waals surface area (Å²) >= 11 is 0. The summed E-state index contributed by atoms with van der Waals surface area (Å²) in [6.07, 6.45) is 2.93. The van der Waals surface area contributed by atoms with Crippen LogP contribution in [0.5, 0.6) is 0 Å². The highest BCUT2D eigenvalue weighted by atomic mass is 16.2. The number of piperazine rings is 1. The molecule has 0 spiro atoms. The van der Waals surface area contributed by atoms with Crippen molar-refractivity contribution in [2.45, 2.75) is 39.2 Å². The molecule has 1 atom stereocenters. The van der Waals surface area contributed by atoms with Gasteiger partial charge in [-0.2, -0.15) is 0 Å². The molecule has 6 nitrogen and oxygen atoms in total. The lowest BCUT2D eigenvalue weighted by Crippen LogP contribution is -2.55. The minimum Gasteiger partial charge on any atom is -0.342 e. The van der Waals surface area contributed by atoms with Gasteiger partial charge in [-0.1, -0.05) is 74.5 Å². The van der Waals surface area contributed by atoms with Crippen LogP contribution in [0.4, 0.5) is 0 Å². The van der Waals surface area contributed by atoms with E-state index in [1.165, 1.54) is 0 Å². The topological polar surface area (TPSA) is 56.8 Å². The number of benzene rings is 2. The molecule has 0 saturated carbocycles. The van der Waals surface area contributed by atoms with Crippen LogP contribution in [-0.4, -0.2) is 76.8 Å². The molecule has 6 heteroatoms. The highest BCUT2D eigenvalue weighted by Gasteiger charge is 2.31. The fraction of sp³-hybridized carbons (Fsp3) is 0.406. The molecule has 0 aliphatic carbocycles. The van der Waals surface area contributed by atoms with Gasteiger partial charge in [-0.25, -0.2) is 4.98 Å². The third kappa shape index (κ3) is 5.81. The van der Waals surface area contributed by atoms with Gasteiger partial charge < -0.3 is 9.80 Å². The van der Waals surface area contributed by atoms with Gasteiger partial charge in [0.15, 0.2) is 0 Å². The highest BCUT2D eigenvalue weighted by molar-refractivity contribution is 5.96. The van der Waals surface area contributed by atoms with E-state index >= 15 is 0 Å². The van der Waals surface area contributed by atoms with E-state index in [1.807, 2.05) is 89.5 Å². The van der Waals surface area contributed by atoms with Crippen LogP contribution in [0.25, 0.3) is 22.5 Å². The number of carbonyl (C=O) groups is 2. The molecule has 38 heavy (non-hydrogen) atoms. The van der Waals surface area contributed by atoms with Crippen molar-refractivity contribution in [3.8, 4) is 22.5 Å². The first-order valence-electron chi connectivity index (χ1n) is 14.0. The number of aromatic nitrogens is 1. The van der Waals surface area contributed by atoms with E-state index in [2.05, 4.69) is 11.8 Å². The van der Waals surface area contributed by atoms with Crippen LogP contribution in [0, 0.1) is 5.92 Å². The lowest BCUT2D eigenvalue weighted by atomic mass is 9.99. The molecule has 0 radical (unpaired) electrons. The summed E-state index contributed by atoms with van der Waals surface area (Å²) in [5.74, 6) is 0.470. The van der Waals surface area contributed by atoms with Gasteiger partial charge in [-0.3, -0.25) is 14.5 Å². The largest absolute Gasteiger partial charge is 0.342 e. The van der Waals surface area contributed by atoms with E-state index in [-0.39, 0.29) is 11.8 Å². The van der Waals surface area contributed by atoms with Crippen LogP contribution in [-0.2, 0) is 4.79 Å². The van der Waals surface area contributed by atoms with Gasteiger partial charge in [0.25, 0.3) is 5.91 Å². The van der Waals surface area contributed by atoms with E-state index in [0.717, 1.165) is 68.0 Å². The number of carbonyl (C=O) groups excluding carboxylic acids is 2. The molecule has 1 unspecified atom stereocenters. The Morgan fingerprint density at radius 1 is 0.789 bits per heavy atom. The summed E-state index contributed by atoms with van der Waals surface area (Å²) in [4.78, 5) is 37.7. The molecular weight excluding hydrogens is 472 g/mol. The molecule has 1 aromatic heterocycles. The number of amides is 2. The summed E-state index contributed by atoms with van der Waals surface area (Å²) in [6.45, 7) is 8.97. The first-order chi connectivity index (χ1) is 18.5. The quantitative estimate of drug-likeness (QED) is 0.457. The molecule has 2 amide bonds. The van der Waals surface area contributed by atoms with Crippen LogP contribution in [0.1, 0.15) is 43.5 Å². The normalized spacial score (nSPS) is 17.8. The van der Waals surface area contributed by atoms with Crippen LogP contribution < -0.4 is 0 Å². The molecule has 198 valence electrons. The molecule has 3 heterocycles. The maximum Gasteiger partial charge on any atom is 0.254 e. The number of pyridine rings is 1. The molecule has 2 aliphatic heterocycles. The Labute approximate surface area is 226 Å². The standard InChI is InChI=1S/C32H38N4O2/c1-3-24(2)31(37)35-16-14-28(15-17-35)34-18-20-36(21-19-34)32(38)27-22-29(25-10-6-4-7-11-25)33-30(23-27)26-12-8-5-9-13-26/h4-13,22-24,28H,3,14-21H2,1-2H3. The summed E-state index contributed by atoms with van der Waals surface area (Å²) in [7, 11) is 0. The van der Waals surface area contributed by atoms with Crippen molar-refractivity contribution in [3.63, 3.8) is 0 Å². The average molecular weight is 511 g/mol. The Bertz CT molecular complexity index is 1170. The zero-order valence-electron chi connectivity index (χ0n) is 22.6. The maximum atomic E-state index is 13.7. The number of likely N-dealkylation sites (tertiary alicyclic amines) is 1. The average Bonchev–Trinajstić information content (AvgIpc) is 3.00. The highest BCUT2D eigenvalue weighted by Crippen LogP contribution is 2.26. The van der Waals surface area contributed by atoms with Crippen molar-refractivity contribution < 1.29 is 9.59 Å². The molecule has 2 fully saturated rings. The second-order valence-corrected chi connectivity index (χ2v) is 10.6. The number of nitrogens with zero attached hydrogens (tertiary/aromatic N) is 4. The molecule has 2 aliphatic rings. The van der Waals surface area contributed by atoms with Gasteiger partial charge in [-0.15, -0.1) is 0 Å². The minimum atomic E-state index is 0.0652. The van der Waals surface area contributed by atoms with Gasteiger partial charge in [0.2, 0.25) is 5.91 Å². The number of hydrogen-bond donors (Lipinski definition) is 0. The SMILES string of the molecule is CCC(C)C(=O)N1CCC(N2CCN(C(=O)c3cc(-c4ccccc4)nc(-c4ccccc4)c3)CC2)CC1. The first kappa shape index (κ1) is 26.1. The molecule has 0 N–H and O–H groups in total. The van der Waals surface area contributed by atoms with Crippen LogP contribution in [0.3, 0.4) is 0 Å². The number of piperidine rings is 1. The second-order valence-electron chi connectivity index (χ2n) is 10.6. The summed E-state index contributed by atoms with van der Waals surface area (Å²) in [5, 5.41) is 0. The lowest BCUT2D eigenvalue weighted by Gasteiger charge is -2.43. The molecule has 5 rings (SSSR count). The predicted octanol–water partition coefficient (Wildman–Crippen LogP) is 5.21. The minimum absolute atomic E-state index is 0.0652. The zero-order valence-corrected chi connectivity index (χ0v) is 22.6. The predicted molar refractivity (Wildman–Crippen MR) is 152 cm³/mol. The Morgan fingerprint density at radius 3 is 1.82 bits per heavy atom. The van der Waals surface area contributed by atoms with Gasteiger partial charge in [0.1, 0.15) is 0 Å². The van der Waals surface area contributed by atoms with Crippen molar-refractivity contribution in [3.05, 3.63) is 78.4 Å². The summed E-state index contributed by atoms with van der Waals surface area (Å²) in [6, 6.07) is 24.5. The van der Waals surface area contributed by atoms with Crippen LogP contribution >= 0.6 is 0 Å². The third-order valence-electron chi connectivity index (χ3n) is 8.14. The molecule has 2 saturated heterocycles. The van der Waals surface area contributed by atoms with E-state index in [4.69, 9.17) is 4.98 Å². The van der Waals surface area contributed by atoms with E-state index in [9.17, 15) is 9.59 Å². The van der Waals surface area contributed by atoms with Gasteiger partial charge in [0, 0.05) is 67.9 Å². The Kier molecular flexibility index (Phi) is 8.18. The summed E-state index contributed by atoms with van der Waals surface area (Å²) in [5.41, 5.74) is 4.31. The van der Waals surface area contributed by atoms with Gasteiger partial charge in [0.05, 0.1) is 11.4 Å². The van der Waals surface area contributed by atoms with Crippen molar-refractivity contribution in [1.29, 1.82) is 0 Å². The first-order valence-corrected chi connectivity index (χ1v) is 14.0. The number of rotatable bonds is 6. The third-order valence-corrected chi connectivity index (χ3v) is 8.14. The fourth-order valence-corrected chi connectivity index (χ4v) is 5.58. The Hall–Kier alpha value is -3.51. The van der Waals surface area contributed by atoms with E-state index in [0.29, 0.717) is 30.6 Å². The Morgan fingerprint density at radius 2 is 1.32 bits per heavy atom. The number of hydrogen-bond acceptors (Lipinski definition) is 4. The van der Waals surface area contributed by atoms with Crippen molar-refractivity contribution >= 4 is 11.8 Å². The monoisotopic (exact) mass is 510 g/mol. The molecule has 2 aromatic carbocycles. The van der Waals surface area contributed by atoms with Crippen molar-refractivity contribution in [2.24, 2.45) is 5.92 Å². The van der Waals surface area contributed by atoms with Gasteiger partial charge >= 0.3 is 0 Å². The van der Waals surface area contributed by atoms with Crippen LogP contribution in [0.2, 0.25) is 0 Å². The van der Waals surface area contributed by atoms with Crippen molar-refractivity contribution in [2.75, 3.05) is 39.3 Å².